The summed E-state index contributed by atoms with van der Waals surface area (Å²) < 4.78 is 44.6. The highest BCUT2D eigenvalue weighted by Crippen LogP contribution is 2.53. The maximum atomic E-state index is 12.8. The molecule has 0 aliphatic heterocycles. The number of methoxy groups -OCH3 is 1. The quantitative estimate of drug-likeness (QED) is 0.888. The lowest BCUT2D eigenvalue weighted by Gasteiger charge is -2.61. The largest absolute Gasteiger partial charge is 0.451 e. The average molecular weight is 373 g/mol. The van der Waals surface area contributed by atoms with E-state index in [1.54, 1.807) is 7.11 Å². The topological polar surface area (TPSA) is 75.5 Å². The number of hydrogen-bond acceptors (Lipinski definition) is 5. The van der Waals surface area contributed by atoms with Crippen LogP contribution in [0.2, 0.25) is 0 Å². The molecular formula is C16H22F3N5O2. The fourth-order valence-corrected chi connectivity index (χ4v) is 3.66. The lowest BCUT2D eigenvalue weighted by Crippen LogP contribution is -2.67. The lowest BCUT2D eigenvalue weighted by molar-refractivity contribution is -0.207. The van der Waals surface area contributed by atoms with E-state index in [9.17, 15) is 18.0 Å². The van der Waals surface area contributed by atoms with Crippen molar-refractivity contribution in [2.75, 3.05) is 14.2 Å². The Morgan fingerprint density at radius 1 is 1.38 bits per heavy atom. The molecule has 2 heterocycles. The van der Waals surface area contributed by atoms with Crippen LogP contribution in [0.5, 0.6) is 0 Å². The van der Waals surface area contributed by atoms with Gasteiger partial charge in [0.05, 0.1) is 11.3 Å². The number of halogens is 3. The summed E-state index contributed by atoms with van der Waals surface area (Å²) in [7, 11) is 3.58. The molecule has 0 amide bonds. The third-order valence-electron chi connectivity index (χ3n) is 5.83. The molecule has 2 aromatic heterocycles. The Morgan fingerprint density at radius 2 is 2.04 bits per heavy atom. The minimum absolute atomic E-state index is 0.120. The number of nitrogens with one attached hydrogen (secondary N) is 1. The van der Waals surface area contributed by atoms with Gasteiger partial charge in [0.2, 0.25) is 5.82 Å². The third-order valence-corrected chi connectivity index (χ3v) is 5.83. The standard InChI is InChI=1S/C16H22F3N5O2/c1-14(2)10(7-15(14,3)26-5)23(4)8-9-6-11(25)24-13(20-9)21-12(22-24)16(17,18)19/h6,10H,7-8H2,1-5H3,(H,20,21,22)/t10-,15+/m1/s1. The molecule has 1 N–H and O–H groups in total. The number of aromatic amines is 1. The summed E-state index contributed by atoms with van der Waals surface area (Å²) in [6.45, 7) is 6.59. The van der Waals surface area contributed by atoms with Crippen LogP contribution in [0.4, 0.5) is 13.2 Å². The molecular weight excluding hydrogens is 351 g/mol. The average Bonchev–Trinajstić information content (AvgIpc) is 2.96. The second-order valence-corrected chi connectivity index (χ2v) is 7.58. The molecule has 1 aliphatic rings. The molecule has 10 heteroatoms. The lowest BCUT2D eigenvalue weighted by atomic mass is 9.55. The Bertz CT molecular complexity index is 888. The molecule has 0 spiro atoms. The second-order valence-electron chi connectivity index (χ2n) is 7.58. The van der Waals surface area contributed by atoms with Crippen molar-refractivity contribution < 1.29 is 17.9 Å². The molecule has 1 fully saturated rings. The van der Waals surface area contributed by atoms with Crippen molar-refractivity contribution in [1.29, 1.82) is 0 Å². The molecule has 144 valence electrons. The zero-order valence-electron chi connectivity index (χ0n) is 15.3. The normalized spacial score (nSPS) is 25.7. The highest BCUT2D eigenvalue weighted by molar-refractivity contribution is 5.28. The minimum Gasteiger partial charge on any atom is -0.378 e. The van der Waals surface area contributed by atoms with Crippen molar-refractivity contribution in [1.82, 2.24) is 24.5 Å². The summed E-state index contributed by atoms with van der Waals surface area (Å²) in [5.41, 5.74) is -0.617. The number of aromatic nitrogens is 4. The van der Waals surface area contributed by atoms with Gasteiger partial charge in [-0.3, -0.25) is 14.8 Å². The van der Waals surface area contributed by atoms with Crippen LogP contribution >= 0.6 is 0 Å². The fraction of sp³-hybridized carbons (Fsp3) is 0.688. The first-order valence-corrected chi connectivity index (χ1v) is 8.20. The van der Waals surface area contributed by atoms with E-state index in [4.69, 9.17) is 4.74 Å². The van der Waals surface area contributed by atoms with Gasteiger partial charge in [-0.1, -0.05) is 13.8 Å². The molecule has 0 unspecified atom stereocenters. The van der Waals surface area contributed by atoms with E-state index in [1.807, 2.05) is 17.0 Å². The van der Waals surface area contributed by atoms with Crippen LogP contribution < -0.4 is 5.56 Å². The SMILES string of the molecule is CO[C@@]1(C)C[C@@H](N(C)Cc2cc(=O)n3[nH]c(C(F)(F)F)nc3n2)C1(C)C. The van der Waals surface area contributed by atoms with Gasteiger partial charge in [-0.2, -0.15) is 22.7 Å². The Balaban J connectivity index is 1.85. The van der Waals surface area contributed by atoms with E-state index in [0.717, 1.165) is 6.42 Å². The number of rotatable bonds is 4. The molecule has 2 aromatic rings. The maximum Gasteiger partial charge on any atom is 0.451 e. The van der Waals surface area contributed by atoms with Crippen molar-refractivity contribution in [3.8, 4) is 0 Å². The summed E-state index contributed by atoms with van der Waals surface area (Å²) >= 11 is 0. The van der Waals surface area contributed by atoms with Gasteiger partial charge in [0.15, 0.2) is 0 Å². The molecule has 7 nitrogen and oxygen atoms in total. The van der Waals surface area contributed by atoms with Crippen molar-refractivity contribution in [3.05, 3.63) is 27.9 Å². The number of nitrogens with zero attached hydrogens (tertiary/aromatic N) is 4. The van der Waals surface area contributed by atoms with Gasteiger partial charge in [0.25, 0.3) is 11.3 Å². The van der Waals surface area contributed by atoms with E-state index in [2.05, 4.69) is 30.7 Å². The predicted molar refractivity (Wildman–Crippen MR) is 87.7 cm³/mol. The van der Waals surface area contributed by atoms with Gasteiger partial charge in [-0.15, -0.1) is 0 Å². The van der Waals surface area contributed by atoms with Crippen molar-refractivity contribution in [2.45, 2.75) is 51.6 Å². The summed E-state index contributed by atoms with van der Waals surface area (Å²) in [5.74, 6) is -1.54. The minimum atomic E-state index is -4.67. The summed E-state index contributed by atoms with van der Waals surface area (Å²) in [6, 6.07) is 1.42. The van der Waals surface area contributed by atoms with Crippen LogP contribution in [0.1, 0.15) is 38.7 Å². The zero-order valence-corrected chi connectivity index (χ0v) is 15.3. The summed E-state index contributed by atoms with van der Waals surface area (Å²) in [6.07, 6.45) is -3.85. The van der Waals surface area contributed by atoms with Crippen LogP contribution in [0.15, 0.2) is 10.9 Å². The molecule has 3 rings (SSSR count). The second kappa shape index (κ2) is 5.78. The van der Waals surface area contributed by atoms with Crippen molar-refractivity contribution >= 4 is 5.78 Å². The van der Waals surface area contributed by atoms with E-state index in [1.165, 1.54) is 6.07 Å². The first-order valence-electron chi connectivity index (χ1n) is 8.20. The molecule has 1 aliphatic carbocycles. The van der Waals surface area contributed by atoms with Gasteiger partial charge < -0.3 is 4.74 Å². The van der Waals surface area contributed by atoms with Gasteiger partial charge in [0.1, 0.15) is 0 Å². The first kappa shape index (κ1) is 18.8. The Morgan fingerprint density at radius 3 is 2.58 bits per heavy atom. The monoisotopic (exact) mass is 373 g/mol. The number of H-pyrrole nitrogens is 1. The fourth-order valence-electron chi connectivity index (χ4n) is 3.66. The van der Waals surface area contributed by atoms with E-state index in [0.29, 0.717) is 16.8 Å². The molecule has 1 saturated carbocycles. The molecule has 0 aromatic carbocycles. The summed E-state index contributed by atoms with van der Waals surface area (Å²) in [5, 5.41) is 1.94. The zero-order chi connectivity index (χ0) is 19.5. The molecule has 2 atom stereocenters. The van der Waals surface area contributed by atoms with E-state index in [-0.39, 0.29) is 22.8 Å². The van der Waals surface area contributed by atoms with Gasteiger partial charge in [-0.25, -0.2) is 4.98 Å². The van der Waals surface area contributed by atoms with Crippen LogP contribution in [0.25, 0.3) is 5.78 Å². The molecule has 26 heavy (non-hydrogen) atoms. The first-order chi connectivity index (χ1) is 11.9. The van der Waals surface area contributed by atoms with Gasteiger partial charge in [0, 0.05) is 31.2 Å². The van der Waals surface area contributed by atoms with Gasteiger partial charge in [-0.05, 0) is 20.4 Å². The highest BCUT2D eigenvalue weighted by atomic mass is 19.4. The van der Waals surface area contributed by atoms with Crippen LogP contribution in [0.3, 0.4) is 0 Å². The van der Waals surface area contributed by atoms with E-state index >= 15 is 0 Å². The van der Waals surface area contributed by atoms with Gasteiger partial charge >= 0.3 is 6.18 Å². The van der Waals surface area contributed by atoms with Crippen LogP contribution in [-0.2, 0) is 17.5 Å². The number of fused-ring (bicyclic) bond motifs is 1. The number of alkyl halides is 3. The number of hydrogen-bond donors (Lipinski definition) is 1. The third kappa shape index (κ3) is 2.81. The predicted octanol–water partition coefficient (Wildman–Crippen LogP) is 2.07. The Kier molecular flexibility index (Phi) is 4.19. The maximum absolute atomic E-state index is 12.8. The molecule has 0 saturated heterocycles. The highest BCUT2D eigenvalue weighted by Gasteiger charge is 2.58. The van der Waals surface area contributed by atoms with Crippen LogP contribution in [0, 0.1) is 5.41 Å². The molecule has 0 radical (unpaired) electrons. The summed E-state index contributed by atoms with van der Waals surface area (Å²) in [4.78, 5) is 21.6. The van der Waals surface area contributed by atoms with Crippen molar-refractivity contribution in [3.63, 3.8) is 0 Å². The van der Waals surface area contributed by atoms with Crippen LogP contribution in [-0.4, -0.2) is 50.3 Å². The van der Waals surface area contributed by atoms with Crippen molar-refractivity contribution in [2.24, 2.45) is 5.41 Å². The molecule has 0 bridgehead atoms. The Labute approximate surface area is 148 Å². The van der Waals surface area contributed by atoms with E-state index < -0.39 is 17.6 Å². The smallest absolute Gasteiger partial charge is 0.378 e. The Hall–Kier alpha value is -1.94. The number of ether oxygens (including phenoxy) is 1.